The summed E-state index contributed by atoms with van der Waals surface area (Å²) in [7, 11) is 0. The molecule has 230 valence electrons. The van der Waals surface area contributed by atoms with Crippen molar-refractivity contribution >= 4 is 58.0 Å². The molecule has 5 aliphatic rings. The molecule has 0 aromatic heterocycles. The molecule has 1 spiro atoms. The van der Waals surface area contributed by atoms with Crippen molar-refractivity contribution in [1.29, 1.82) is 0 Å². The molecule has 44 heavy (non-hydrogen) atoms. The summed E-state index contributed by atoms with van der Waals surface area (Å²) in [4.78, 5) is 44.3. The molecule has 3 N–H and O–H groups in total. The first kappa shape index (κ1) is 29.3. The van der Waals surface area contributed by atoms with Gasteiger partial charge in [-0.2, -0.15) is 0 Å². The van der Waals surface area contributed by atoms with Crippen LogP contribution in [0.2, 0.25) is 5.02 Å². The van der Waals surface area contributed by atoms with Crippen molar-refractivity contribution in [2.45, 2.75) is 44.2 Å². The van der Waals surface area contributed by atoms with Gasteiger partial charge in [-0.1, -0.05) is 42.3 Å². The van der Waals surface area contributed by atoms with Crippen molar-refractivity contribution in [3.63, 3.8) is 0 Å². The van der Waals surface area contributed by atoms with Crippen LogP contribution in [0, 0.1) is 23.2 Å². The fraction of sp³-hybridized carbons (Fsp3) is 0.424. The lowest BCUT2D eigenvalue weighted by Crippen LogP contribution is -2.56. The van der Waals surface area contributed by atoms with E-state index < -0.39 is 34.6 Å². The highest BCUT2D eigenvalue weighted by Gasteiger charge is 2.73. The van der Waals surface area contributed by atoms with Gasteiger partial charge in [-0.25, -0.2) is 4.39 Å². The highest BCUT2D eigenvalue weighted by molar-refractivity contribution is 6.31. The Morgan fingerprint density at radius 1 is 1.14 bits per heavy atom. The second kappa shape index (κ2) is 10.6. The van der Waals surface area contributed by atoms with Gasteiger partial charge in [0.25, 0.3) is 0 Å². The summed E-state index contributed by atoms with van der Waals surface area (Å²) in [5, 5.41) is 15.4. The molecule has 2 amide bonds. The summed E-state index contributed by atoms with van der Waals surface area (Å²) in [6, 6.07) is 12.1. The van der Waals surface area contributed by atoms with Gasteiger partial charge in [0.1, 0.15) is 17.9 Å². The number of carboxylic acids is 1. The number of hydrogen-bond donors (Lipinski definition) is 3. The molecule has 1 saturated carbocycles. The Hall–Kier alpha value is -3.40. The molecule has 11 heteroatoms. The molecule has 5 atom stereocenters. The van der Waals surface area contributed by atoms with E-state index in [1.54, 1.807) is 54.3 Å². The molecule has 2 aliphatic carbocycles. The zero-order valence-corrected chi connectivity index (χ0v) is 25.7. The number of benzene rings is 2. The van der Waals surface area contributed by atoms with E-state index in [1.807, 2.05) is 12.1 Å². The second-order valence-electron chi connectivity index (χ2n) is 12.8. The van der Waals surface area contributed by atoms with Gasteiger partial charge in [0.15, 0.2) is 0 Å². The Morgan fingerprint density at radius 2 is 1.89 bits per heavy atom. The van der Waals surface area contributed by atoms with Crippen molar-refractivity contribution in [1.82, 2.24) is 4.90 Å². The van der Waals surface area contributed by atoms with Crippen LogP contribution in [0.5, 0.6) is 0 Å². The molecule has 0 bridgehead atoms. The molecule has 2 aromatic rings. The van der Waals surface area contributed by atoms with Gasteiger partial charge in [0, 0.05) is 58.1 Å². The molecule has 2 aromatic carbocycles. The van der Waals surface area contributed by atoms with Gasteiger partial charge in [0.05, 0.1) is 11.0 Å². The third-order valence-corrected chi connectivity index (χ3v) is 10.8. The van der Waals surface area contributed by atoms with Crippen LogP contribution < -0.4 is 15.5 Å². The number of carboxylic acid groups (broad SMARTS) is 1. The molecule has 2 saturated heterocycles. The average Bonchev–Trinajstić information content (AvgIpc) is 3.70. The van der Waals surface area contributed by atoms with Gasteiger partial charge in [-0.15, -0.1) is 0 Å². The third kappa shape index (κ3) is 4.38. The van der Waals surface area contributed by atoms with Gasteiger partial charge in [-0.05, 0) is 74.1 Å². The Morgan fingerprint density at radius 3 is 2.59 bits per heavy atom. The highest BCUT2D eigenvalue weighted by Crippen LogP contribution is 2.66. The summed E-state index contributed by atoms with van der Waals surface area (Å²) < 4.78 is 16.5. The fourth-order valence-corrected chi connectivity index (χ4v) is 8.69. The average molecular weight is 640 g/mol. The number of hydrogen-bond acceptors (Lipinski definition) is 5. The number of rotatable bonds is 7. The topological polar surface area (TPSA) is 102 Å². The first-order valence-corrected chi connectivity index (χ1v) is 15.8. The van der Waals surface area contributed by atoms with E-state index in [0.717, 1.165) is 18.4 Å². The number of carbonyl (C=O) groups excluding carboxylic acids is 2. The molecule has 1 unspecified atom stereocenters. The molecule has 3 aliphatic heterocycles. The number of anilines is 3. The normalized spacial score (nSPS) is 31.4. The minimum Gasteiger partial charge on any atom is -0.480 e. The predicted octanol–water partition coefficient (Wildman–Crippen LogP) is 6.13. The van der Waals surface area contributed by atoms with E-state index in [9.17, 15) is 14.4 Å². The summed E-state index contributed by atoms with van der Waals surface area (Å²) in [5.41, 5.74) is 0.0462. The quantitative estimate of drug-likeness (QED) is 0.337. The summed E-state index contributed by atoms with van der Waals surface area (Å²) >= 11 is 12.8. The van der Waals surface area contributed by atoms with Gasteiger partial charge < -0.3 is 20.6 Å². The summed E-state index contributed by atoms with van der Waals surface area (Å²) in [6.07, 6.45) is 6.37. The lowest BCUT2D eigenvalue weighted by Gasteiger charge is -2.47. The maximum absolute atomic E-state index is 16.5. The largest absolute Gasteiger partial charge is 0.480 e. The molecule has 3 heterocycles. The molecular formula is C33H33Cl2FN4O4. The van der Waals surface area contributed by atoms with Gasteiger partial charge in [-0.3, -0.25) is 19.3 Å². The number of aliphatic carboxylic acids is 1. The summed E-state index contributed by atoms with van der Waals surface area (Å²) in [5.74, 6) is -2.98. The number of carbonyl (C=O) groups is 3. The lowest BCUT2D eigenvalue weighted by atomic mass is 9.58. The minimum absolute atomic E-state index is 0.00890. The van der Waals surface area contributed by atoms with E-state index in [-0.39, 0.29) is 35.9 Å². The number of piperidine rings is 1. The van der Waals surface area contributed by atoms with E-state index in [1.165, 1.54) is 0 Å². The molecule has 3 fully saturated rings. The Bertz CT molecular complexity index is 1630. The summed E-state index contributed by atoms with van der Waals surface area (Å²) in [6.45, 7) is 2.64. The van der Waals surface area contributed by atoms with E-state index >= 15 is 4.39 Å². The minimum atomic E-state index is -1.30. The monoisotopic (exact) mass is 638 g/mol. The number of nitrogens with zero attached hydrogens (tertiary/aromatic N) is 2. The van der Waals surface area contributed by atoms with Crippen LogP contribution in [-0.2, 0) is 19.9 Å². The third-order valence-electron chi connectivity index (χ3n) is 10.2. The van der Waals surface area contributed by atoms with Crippen LogP contribution in [0.25, 0.3) is 0 Å². The van der Waals surface area contributed by atoms with Crippen molar-refractivity contribution in [3.8, 4) is 0 Å². The van der Waals surface area contributed by atoms with Crippen LogP contribution in [0.4, 0.5) is 21.5 Å². The Kier molecular flexibility index (Phi) is 7.06. The smallest absolute Gasteiger partial charge is 0.322 e. The van der Waals surface area contributed by atoms with Crippen LogP contribution >= 0.6 is 23.2 Å². The number of allylic oxidation sites excluding steroid dienone is 4. The maximum Gasteiger partial charge on any atom is 0.322 e. The van der Waals surface area contributed by atoms with E-state index in [4.69, 9.17) is 28.3 Å². The van der Waals surface area contributed by atoms with Gasteiger partial charge >= 0.3 is 5.97 Å². The van der Waals surface area contributed by atoms with Crippen LogP contribution in [0.15, 0.2) is 65.5 Å². The van der Waals surface area contributed by atoms with Crippen molar-refractivity contribution < 1.29 is 23.9 Å². The molecule has 8 nitrogen and oxygen atoms in total. The van der Waals surface area contributed by atoms with E-state index in [2.05, 4.69) is 15.5 Å². The number of halogens is 3. The van der Waals surface area contributed by atoms with Crippen LogP contribution in [-0.4, -0.2) is 53.5 Å². The zero-order chi connectivity index (χ0) is 31.0. The first-order chi connectivity index (χ1) is 21.1. The Balaban J connectivity index is 1.37. The van der Waals surface area contributed by atoms with Gasteiger partial charge in [0.2, 0.25) is 11.8 Å². The van der Waals surface area contributed by atoms with Crippen LogP contribution in [0.3, 0.4) is 0 Å². The number of fused-ring (bicyclic) bond motifs is 3. The predicted molar refractivity (Wildman–Crippen MR) is 167 cm³/mol. The Labute approximate surface area is 264 Å². The van der Waals surface area contributed by atoms with E-state index in [0.29, 0.717) is 47.5 Å². The van der Waals surface area contributed by atoms with Crippen molar-refractivity contribution in [2.24, 2.45) is 23.2 Å². The second-order valence-corrected chi connectivity index (χ2v) is 13.7. The van der Waals surface area contributed by atoms with Crippen molar-refractivity contribution in [2.75, 3.05) is 35.2 Å². The number of likely N-dealkylation sites (tertiary alicyclic amines) is 1. The molecule has 7 rings (SSSR count). The number of nitrogens with one attached hydrogen (secondary N) is 2. The zero-order valence-electron chi connectivity index (χ0n) is 24.2. The standard InChI is InChI=1S/C33H33Cl2FN4O4/c1-32(13-2-3-23(35)29(32)36)28-27-25(12-14-39(30(27)43)21-9-7-20(8-10-21)37-16-26(41)42)40(17-18-4-5-18)33(28)22-11-6-19(34)15-24(22)38-31(33)44/h2-3,6-11,15,18,25,27-28,37H,4-5,12-14,16-17H2,1H3,(H,38,44)(H,41,42)/t25-,27+,28+,32?,33+/m0/s1. The SMILES string of the molecule is CC1([C@H]2[C@@H]3C(=O)N(c4ccc(NCC(=O)O)cc4)CC[C@@H]3N(CC3CC3)[C@@]23C(=O)Nc2cc(Cl)ccc23)CC=CC(Cl)=C1F. The first-order valence-electron chi connectivity index (χ1n) is 15.0. The highest BCUT2D eigenvalue weighted by atomic mass is 35.5. The lowest BCUT2D eigenvalue weighted by molar-refractivity contribution is -0.135. The molecular weight excluding hydrogens is 606 g/mol. The van der Waals surface area contributed by atoms with Crippen molar-refractivity contribution in [3.05, 3.63) is 76.1 Å². The van der Waals surface area contributed by atoms with Crippen LogP contribution in [0.1, 0.15) is 38.2 Å². The maximum atomic E-state index is 16.5. The number of amides is 2. The molecule has 0 radical (unpaired) electrons. The fourth-order valence-electron chi connectivity index (χ4n) is 8.21.